The lowest BCUT2D eigenvalue weighted by atomic mass is 10.1. The number of nitrogens with zero attached hydrogens (tertiary/aromatic N) is 4. The molecule has 35 heavy (non-hydrogen) atoms. The monoisotopic (exact) mass is 490 g/mol. The Morgan fingerprint density at radius 1 is 0.914 bits per heavy atom. The van der Waals surface area contributed by atoms with Crippen LogP contribution in [0.1, 0.15) is 28.8 Å². The number of hydrogen-bond donors (Lipinski definition) is 2. The molecule has 0 unspecified atom stereocenters. The fraction of sp³-hybridized carbons (Fsp3) is 0.160. The standard InChI is InChI=1S/C25H23ClN6O3/c26-21-12-14-22(15-13-21)35-17-18-8-10-20(11-9-18)25(34)29-27-23(33)7-4-16-32-30-24(28-31-32)19-5-2-1-3-6-19/h1-3,5-6,8-15H,4,7,16-17H2,(H,27,33)(H,29,34). The van der Waals surface area contributed by atoms with Gasteiger partial charge in [-0.15, -0.1) is 10.2 Å². The smallest absolute Gasteiger partial charge is 0.269 e. The molecule has 0 aliphatic heterocycles. The van der Waals surface area contributed by atoms with Gasteiger partial charge in [0.2, 0.25) is 11.7 Å². The summed E-state index contributed by atoms with van der Waals surface area (Å²) in [6.45, 7) is 0.786. The van der Waals surface area contributed by atoms with Gasteiger partial charge in [0, 0.05) is 22.6 Å². The van der Waals surface area contributed by atoms with E-state index in [1.807, 2.05) is 30.3 Å². The van der Waals surface area contributed by atoms with E-state index >= 15 is 0 Å². The minimum Gasteiger partial charge on any atom is -0.489 e. The second-order valence-corrected chi connectivity index (χ2v) is 8.06. The van der Waals surface area contributed by atoms with Crippen molar-refractivity contribution < 1.29 is 14.3 Å². The lowest BCUT2D eigenvalue weighted by Gasteiger charge is -2.09. The summed E-state index contributed by atoms with van der Waals surface area (Å²) in [6, 6.07) is 23.5. The Balaban J connectivity index is 1.16. The number of carbonyl (C=O) groups is 2. The molecule has 9 nitrogen and oxygen atoms in total. The Morgan fingerprint density at radius 3 is 2.40 bits per heavy atom. The van der Waals surface area contributed by atoms with E-state index in [0.717, 1.165) is 11.1 Å². The Kier molecular flexibility index (Phi) is 8.03. The fourth-order valence-electron chi connectivity index (χ4n) is 3.13. The third-order valence-corrected chi connectivity index (χ3v) is 5.25. The van der Waals surface area contributed by atoms with Crippen LogP contribution in [0.4, 0.5) is 0 Å². The first-order valence-electron chi connectivity index (χ1n) is 11.0. The summed E-state index contributed by atoms with van der Waals surface area (Å²) < 4.78 is 5.69. The molecule has 0 fully saturated rings. The highest BCUT2D eigenvalue weighted by atomic mass is 35.5. The zero-order valence-corrected chi connectivity index (χ0v) is 19.5. The largest absolute Gasteiger partial charge is 0.489 e. The van der Waals surface area contributed by atoms with Gasteiger partial charge in [-0.1, -0.05) is 54.1 Å². The Morgan fingerprint density at radius 2 is 1.66 bits per heavy atom. The van der Waals surface area contributed by atoms with Crippen LogP contribution < -0.4 is 15.6 Å². The van der Waals surface area contributed by atoms with Crippen LogP contribution >= 0.6 is 11.6 Å². The maximum absolute atomic E-state index is 12.3. The molecule has 0 atom stereocenters. The van der Waals surface area contributed by atoms with E-state index < -0.39 is 5.91 Å². The molecule has 1 aromatic heterocycles. The van der Waals surface area contributed by atoms with Crippen molar-refractivity contribution in [3.05, 3.63) is 95.0 Å². The van der Waals surface area contributed by atoms with Crippen LogP contribution in [0, 0.1) is 0 Å². The number of ether oxygens (including phenoxy) is 1. The van der Waals surface area contributed by atoms with Gasteiger partial charge in [-0.2, -0.15) is 4.80 Å². The third-order valence-electron chi connectivity index (χ3n) is 5.00. The number of aromatic nitrogens is 4. The number of hydrazine groups is 1. The van der Waals surface area contributed by atoms with Crippen molar-refractivity contribution in [2.45, 2.75) is 26.0 Å². The van der Waals surface area contributed by atoms with Crippen molar-refractivity contribution in [3.8, 4) is 17.1 Å². The van der Waals surface area contributed by atoms with Crippen LogP contribution in [0.25, 0.3) is 11.4 Å². The molecule has 0 bridgehead atoms. The summed E-state index contributed by atoms with van der Waals surface area (Å²) in [6.07, 6.45) is 0.693. The van der Waals surface area contributed by atoms with Crippen molar-refractivity contribution in [3.63, 3.8) is 0 Å². The van der Waals surface area contributed by atoms with E-state index in [0.29, 0.717) is 41.7 Å². The Labute approximate surface area is 207 Å². The molecule has 0 aliphatic carbocycles. The molecule has 0 spiro atoms. The van der Waals surface area contributed by atoms with Gasteiger partial charge >= 0.3 is 0 Å². The first kappa shape index (κ1) is 23.9. The number of hydrogen-bond acceptors (Lipinski definition) is 6. The van der Waals surface area contributed by atoms with Crippen molar-refractivity contribution in [1.29, 1.82) is 0 Å². The highest BCUT2D eigenvalue weighted by Crippen LogP contribution is 2.17. The molecule has 178 valence electrons. The number of rotatable bonds is 9. The van der Waals surface area contributed by atoms with E-state index in [4.69, 9.17) is 16.3 Å². The van der Waals surface area contributed by atoms with Gasteiger partial charge in [0.1, 0.15) is 12.4 Å². The minimum absolute atomic E-state index is 0.198. The fourth-order valence-corrected chi connectivity index (χ4v) is 3.26. The highest BCUT2D eigenvalue weighted by molar-refractivity contribution is 6.30. The summed E-state index contributed by atoms with van der Waals surface area (Å²) in [7, 11) is 0. The van der Waals surface area contributed by atoms with E-state index in [9.17, 15) is 9.59 Å². The summed E-state index contributed by atoms with van der Waals surface area (Å²) in [5.41, 5.74) is 7.04. The number of nitrogens with one attached hydrogen (secondary N) is 2. The molecule has 4 rings (SSSR count). The van der Waals surface area contributed by atoms with Crippen LogP contribution in [0.3, 0.4) is 0 Å². The van der Waals surface area contributed by atoms with Gasteiger partial charge < -0.3 is 4.74 Å². The van der Waals surface area contributed by atoms with Crippen LogP contribution in [0.5, 0.6) is 5.75 Å². The number of tetrazole rings is 1. The van der Waals surface area contributed by atoms with Gasteiger partial charge in [0.15, 0.2) is 0 Å². The first-order valence-corrected chi connectivity index (χ1v) is 11.3. The van der Waals surface area contributed by atoms with Crippen molar-refractivity contribution >= 4 is 23.4 Å². The molecule has 1 heterocycles. The lowest BCUT2D eigenvalue weighted by molar-refractivity contribution is -0.122. The molecule has 2 N–H and O–H groups in total. The number of carbonyl (C=O) groups excluding carboxylic acids is 2. The predicted molar refractivity (Wildman–Crippen MR) is 130 cm³/mol. The van der Waals surface area contributed by atoms with Gasteiger partial charge in [-0.05, 0) is 53.6 Å². The van der Waals surface area contributed by atoms with E-state index in [-0.39, 0.29) is 12.3 Å². The van der Waals surface area contributed by atoms with Gasteiger partial charge in [-0.3, -0.25) is 20.4 Å². The van der Waals surface area contributed by atoms with Gasteiger partial charge in [0.05, 0.1) is 6.54 Å². The average Bonchev–Trinajstić information content (AvgIpc) is 3.37. The predicted octanol–water partition coefficient (Wildman–Crippen LogP) is 3.81. The van der Waals surface area contributed by atoms with Crippen LogP contribution in [0.2, 0.25) is 5.02 Å². The van der Waals surface area contributed by atoms with Crippen molar-refractivity contribution in [2.75, 3.05) is 0 Å². The molecule has 0 saturated carbocycles. The third kappa shape index (κ3) is 7.12. The summed E-state index contributed by atoms with van der Waals surface area (Å²) in [5, 5.41) is 13.0. The summed E-state index contributed by atoms with van der Waals surface area (Å²) in [4.78, 5) is 25.8. The highest BCUT2D eigenvalue weighted by Gasteiger charge is 2.09. The van der Waals surface area contributed by atoms with Gasteiger partial charge in [0.25, 0.3) is 5.91 Å². The quantitative estimate of drug-likeness (QED) is 0.345. The minimum atomic E-state index is -0.408. The van der Waals surface area contributed by atoms with Crippen molar-refractivity contribution in [2.24, 2.45) is 0 Å². The van der Waals surface area contributed by atoms with Gasteiger partial charge in [-0.25, -0.2) is 0 Å². The molecule has 2 amide bonds. The topological polar surface area (TPSA) is 111 Å². The molecule has 10 heteroatoms. The maximum atomic E-state index is 12.3. The zero-order valence-electron chi connectivity index (χ0n) is 18.7. The second-order valence-electron chi connectivity index (χ2n) is 7.62. The molecule has 0 saturated heterocycles. The van der Waals surface area contributed by atoms with E-state index in [1.54, 1.807) is 48.5 Å². The van der Waals surface area contributed by atoms with E-state index in [1.165, 1.54) is 4.80 Å². The molecular formula is C25H23ClN6O3. The SMILES string of the molecule is O=C(CCCn1nnc(-c2ccccc2)n1)NNC(=O)c1ccc(COc2ccc(Cl)cc2)cc1. The van der Waals surface area contributed by atoms with Crippen LogP contribution in [-0.2, 0) is 17.9 Å². The number of aryl methyl sites for hydroxylation is 1. The molecular weight excluding hydrogens is 468 g/mol. The summed E-state index contributed by atoms with van der Waals surface area (Å²) in [5.74, 6) is 0.517. The van der Waals surface area contributed by atoms with E-state index in [2.05, 4.69) is 26.3 Å². The van der Waals surface area contributed by atoms with Crippen LogP contribution in [0.15, 0.2) is 78.9 Å². The first-order chi connectivity index (χ1) is 17.1. The normalized spacial score (nSPS) is 10.5. The molecule has 4 aromatic rings. The van der Waals surface area contributed by atoms with Crippen LogP contribution in [-0.4, -0.2) is 32.0 Å². The molecule has 0 aliphatic rings. The number of amides is 2. The maximum Gasteiger partial charge on any atom is 0.269 e. The number of halogens is 1. The lowest BCUT2D eigenvalue weighted by Crippen LogP contribution is -2.41. The Hall–Kier alpha value is -4.24. The summed E-state index contributed by atoms with van der Waals surface area (Å²) >= 11 is 5.86. The average molecular weight is 491 g/mol. The molecule has 0 radical (unpaired) electrons. The number of benzene rings is 3. The second kappa shape index (κ2) is 11.8. The van der Waals surface area contributed by atoms with Crippen molar-refractivity contribution in [1.82, 2.24) is 31.1 Å². The Bertz CT molecular complexity index is 1260. The molecule has 3 aromatic carbocycles. The zero-order chi connectivity index (χ0) is 24.5.